The Bertz CT molecular complexity index is 725. The van der Waals surface area contributed by atoms with E-state index in [1.807, 2.05) is 0 Å². The second kappa shape index (κ2) is 15.4. The number of nitro benzene ring substituents is 1. The number of nitro groups is 1. The van der Waals surface area contributed by atoms with Crippen molar-refractivity contribution in [2.24, 2.45) is 5.10 Å². The number of hydrazone groups is 1. The fourth-order valence-electron chi connectivity index (χ4n) is 2.83. The van der Waals surface area contributed by atoms with Gasteiger partial charge in [0.2, 0.25) is 5.91 Å². The third-order valence-electron chi connectivity index (χ3n) is 4.52. The zero-order chi connectivity index (χ0) is 22.2. The van der Waals surface area contributed by atoms with E-state index in [1.165, 1.54) is 62.9 Å². The van der Waals surface area contributed by atoms with E-state index in [-0.39, 0.29) is 23.2 Å². The Hall–Kier alpha value is -2.48. The molecule has 166 valence electrons. The lowest BCUT2D eigenvalue weighted by atomic mass is 10.1. The van der Waals surface area contributed by atoms with Gasteiger partial charge in [-0.1, -0.05) is 76.0 Å². The smallest absolute Gasteiger partial charge is 0.288 e. The Balaban J connectivity index is 2.15. The van der Waals surface area contributed by atoms with E-state index in [9.17, 15) is 19.7 Å². The van der Waals surface area contributed by atoms with Gasteiger partial charge in [-0.15, -0.1) is 0 Å². The Labute approximate surface area is 182 Å². The van der Waals surface area contributed by atoms with Crippen LogP contribution in [0, 0.1) is 10.1 Å². The van der Waals surface area contributed by atoms with E-state index >= 15 is 0 Å². The van der Waals surface area contributed by atoms with Crippen molar-refractivity contribution in [3.05, 3.63) is 38.9 Å². The monoisotopic (exact) mass is 438 g/mol. The lowest BCUT2D eigenvalue weighted by Crippen LogP contribution is -2.34. The fraction of sp³-hybridized carbons (Fsp3) is 0.571. The van der Waals surface area contributed by atoms with E-state index in [4.69, 9.17) is 11.6 Å². The maximum Gasteiger partial charge on any atom is 0.288 e. The van der Waals surface area contributed by atoms with Crippen molar-refractivity contribution in [3.63, 3.8) is 0 Å². The lowest BCUT2D eigenvalue weighted by molar-refractivity contribution is -0.384. The van der Waals surface area contributed by atoms with Crippen LogP contribution in [0.4, 0.5) is 5.69 Å². The highest BCUT2D eigenvalue weighted by atomic mass is 35.5. The molecule has 0 bridgehead atoms. The van der Waals surface area contributed by atoms with Crippen LogP contribution in [0.3, 0.4) is 0 Å². The molecule has 2 amide bonds. The molecule has 0 aromatic heterocycles. The van der Waals surface area contributed by atoms with Gasteiger partial charge in [-0.05, 0) is 12.5 Å². The van der Waals surface area contributed by atoms with E-state index in [1.54, 1.807) is 0 Å². The van der Waals surface area contributed by atoms with Gasteiger partial charge in [0, 0.05) is 18.1 Å². The Morgan fingerprint density at radius 2 is 1.70 bits per heavy atom. The number of benzene rings is 1. The molecule has 0 radical (unpaired) electrons. The van der Waals surface area contributed by atoms with E-state index < -0.39 is 10.8 Å². The molecule has 9 heteroatoms. The summed E-state index contributed by atoms with van der Waals surface area (Å²) in [6.07, 6.45) is 12.3. The Kier molecular flexibility index (Phi) is 13.1. The molecule has 0 aliphatic carbocycles. The van der Waals surface area contributed by atoms with E-state index in [0.29, 0.717) is 12.0 Å². The van der Waals surface area contributed by atoms with Crippen molar-refractivity contribution in [2.45, 2.75) is 71.1 Å². The first-order valence-electron chi connectivity index (χ1n) is 10.5. The number of unbranched alkanes of at least 4 members (excludes halogenated alkanes) is 8. The third-order valence-corrected chi connectivity index (χ3v) is 4.84. The largest absolute Gasteiger partial charge is 0.347 e. The van der Waals surface area contributed by atoms with Gasteiger partial charge in [0.15, 0.2) is 0 Å². The molecule has 0 fully saturated rings. The molecule has 0 unspecified atom stereocenters. The first-order chi connectivity index (χ1) is 14.4. The lowest BCUT2D eigenvalue weighted by Gasteiger charge is -2.05. The predicted octanol–water partition coefficient (Wildman–Crippen LogP) is 4.74. The van der Waals surface area contributed by atoms with Gasteiger partial charge in [0.05, 0.1) is 17.7 Å². The molecule has 0 aliphatic rings. The normalized spacial score (nSPS) is 10.9. The second-order valence-corrected chi connectivity index (χ2v) is 7.52. The number of nitrogens with zero attached hydrogens (tertiary/aromatic N) is 2. The summed E-state index contributed by atoms with van der Waals surface area (Å²) in [7, 11) is 0. The number of amides is 2. The van der Waals surface area contributed by atoms with Crippen molar-refractivity contribution >= 4 is 35.3 Å². The molecule has 0 spiro atoms. The zero-order valence-corrected chi connectivity index (χ0v) is 18.2. The minimum Gasteiger partial charge on any atom is -0.347 e. The van der Waals surface area contributed by atoms with Gasteiger partial charge in [-0.25, -0.2) is 5.43 Å². The number of hydrogen-bond acceptors (Lipinski definition) is 5. The van der Waals surface area contributed by atoms with Crippen LogP contribution in [0.15, 0.2) is 23.3 Å². The Morgan fingerprint density at radius 1 is 1.07 bits per heavy atom. The van der Waals surface area contributed by atoms with Crippen LogP contribution in [0.25, 0.3) is 0 Å². The minimum atomic E-state index is -0.596. The fourth-order valence-corrected chi connectivity index (χ4v) is 3.02. The SMILES string of the molecule is CCCCCCCCCCCC(=O)NCC(=O)N/N=C/c1ccc(Cl)c([N+](=O)[O-])c1. The van der Waals surface area contributed by atoms with Crippen LogP contribution in [-0.2, 0) is 9.59 Å². The molecular formula is C21H31ClN4O4. The molecule has 0 saturated heterocycles. The standard InChI is InChI=1S/C21H31ClN4O4/c1-2-3-4-5-6-7-8-9-10-11-20(27)23-16-21(28)25-24-15-17-12-13-18(22)19(14-17)26(29)30/h12-15H,2-11,16H2,1H3,(H,23,27)(H,25,28)/b24-15+. The summed E-state index contributed by atoms with van der Waals surface area (Å²) in [6.45, 7) is 2.04. The Morgan fingerprint density at radius 3 is 2.33 bits per heavy atom. The maximum absolute atomic E-state index is 11.8. The number of rotatable bonds is 15. The minimum absolute atomic E-state index is 0.0240. The van der Waals surface area contributed by atoms with Gasteiger partial charge in [-0.3, -0.25) is 19.7 Å². The number of carbonyl (C=O) groups is 2. The van der Waals surface area contributed by atoms with Crippen molar-refractivity contribution < 1.29 is 14.5 Å². The van der Waals surface area contributed by atoms with Crippen molar-refractivity contribution in [3.8, 4) is 0 Å². The number of halogens is 1. The summed E-state index contributed by atoms with van der Waals surface area (Å²) in [6, 6.07) is 4.18. The van der Waals surface area contributed by atoms with E-state index in [2.05, 4.69) is 22.8 Å². The second-order valence-electron chi connectivity index (χ2n) is 7.12. The molecule has 1 rings (SSSR count). The van der Waals surface area contributed by atoms with Crippen LogP contribution >= 0.6 is 11.6 Å². The highest BCUT2D eigenvalue weighted by molar-refractivity contribution is 6.32. The number of nitrogens with one attached hydrogen (secondary N) is 2. The molecule has 2 N–H and O–H groups in total. The van der Waals surface area contributed by atoms with Crippen LogP contribution in [0.5, 0.6) is 0 Å². The molecule has 0 aliphatic heterocycles. The molecular weight excluding hydrogens is 408 g/mol. The van der Waals surface area contributed by atoms with Crippen molar-refractivity contribution in [2.75, 3.05) is 6.54 Å². The first kappa shape index (κ1) is 25.6. The molecule has 1 aromatic carbocycles. The average molecular weight is 439 g/mol. The van der Waals surface area contributed by atoms with Gasteiger partial charge in [0.25, 0.3) is 11.6 Å². The highest BCUT2D eigenvalue weighted by Crippen LogP contribution is 2.24. The predicted molar refractivity (Wildman–Crippen MR) is 119 cm³/mol. The summed E-state index contributed by atoms with van der Waals surface area (Å²) >= 11 is 5.73. The molecule has 0 saturated carbocycles. The quantitative estimate of drug-likeness (QED) is 0.178. The average Bonchev–Trinajstić information content (AvgIpc) is 2.72. The third kappa shape index (κ3) is 11.5. The van der Waals surface area contributed by atoms with Gasteiger partial charge in [-0.2, -0.15) is 5.10 Å². The summed E-state index contributed by atoms with van der Waals surface area (Å²) in [5.41, 5.74) is 2.44. The van der Waals surface area contributed by atoms with Crippen molar-refractivity contribution in [1.82, 2.24) is 10.7 Å². The summed E-state index contributed by atoms with van der Waals surface area (Å²) < 4.78 is 0. The first-order valence-corrected chi connectivity index (χ1v) is 10.8. The van der Waals surface area contributed by atoms with Gasteiger partial charge < -0.3 is 5.32 Å². The summed E-state index contributed by atoms with van der Waals surface area (Å²) in [4.78, 5) is 33.7. The summed E-state index contributed by atoms with van der Waals surface area (Å²) in [5, 5.41) is 17.2. The van der Waals surface area contributed by atoms with E-state index in [0.717, 1.165) is 19.3 Å². The molecule has 8 nitrogen and oxygen atoms in total. The van der Waals surface area contributed by atoms with Crippen molar-refractivity contribution in [1.29, 1.82) is 0 Å². The number of hydrogen-bond donors (Lipinski definition) is 2. The molecule has 1 aromatic rings. The van der Waals surface area contributed by atoms with Crippen LogP contribution in [0.2, 0.25) is 5.02 Å². The maximum atomic E-state index is 11.8. The molecule has 0 heterocycles. The van der Waals surface area contributed by atoms with Crippen LogP contribution in [-0.4, -0.2) is 29.5 Å². The number of carbonyl (C=O) groups excluding carboxylic acids is 2. The highest BCUT2D eigenvalue weighted by Gasteiger charge is 2.12. The molecule has 0 atom stereocenters. The zero-order valence-electron chi connectivity index (χ0n) is 17.5. The molecule has 30 heavy (non-hydrogen) atoms. The van der Waals surface area contributed by atoms with Gasteiger partial charge >= 0.3 is 0 Å². The van der Waals surface area contributed by atoms with Crippen LogP contribution < -0.4 is 10.7 Å². The summed E-state index contributed by atoms with van der Waals surface area (Å²) in [5.74, 6) is -0.638. The van der Waals surface area contributed by atoms with Crippen LogP contribution in [0.1, 0.15) is 76.7 Å². The van der Waals surface area contributed by atoms with Gasteiger partial charge in [0.1, 0.15) is 5.02 Å². The topological polar surface area (TPSA) is 114 Å².